The molecule has 3 heterocycles. The summed E-state index contributed by atoms with van der Waals surface area (Å²) in [6.07, 6.45) is 4.33. The van der Waals surface area contributed by atoms with E-state index in [1.54, 1.807) is 4.57 Å². The third-order valence-corrected chi connectivity index (χ3v) is 5.50. The third-order valence-electron chi connectivity index (χ3n) is 5.50. The molecule has 0 saturated carbocycles. The van der Waals surface area contributed by atoms with Gasteiger partial charge in [0.25, 0.3) is 0 Å². The highest BCUT2D eigenvalue weighted by Gasteiger charge is 2.21. The predicted molar refractivity (Wildman–Crippen MR) is 107 cm³/mol. The first-order chi connectivity index (χ1) is 13.2. The number of nitrogens with zero attached hydrogens (tertiary/aromatic N) is 2. The van der Waals surface area contributed by atoms with Crippen LogP contribution in [0.25, 0.3) is 11.0 Å². The van der Waals surface area contributed by atoms with Gasteiger partial charge in [0.15, 0.2) is 0 Å². The fourth-order valence-electron chi connectivity index (χ4n) is 3.80. The van der Waals surface area contributed by atoms with Crippen LogP contribution < -0.4 is 16.3 Å². The zero-order valence-electron chi connectivity index (χ0n) is 16.0. The number of hydrogen-bond acceptors (Lipinski definition) is 4. The van der Waals surface area contributed by atoms with Crippen LogP contribution in [0.15, 0.2) is 23.0 Å². The van der Waals surface area contributed by atoms with Crippen LogP contribution in [0.4, 0.5) is 0 Å². The van der Waals surface area contributed by atoms with E-state index in [1.807, 2.05) is 29.8 Å². The number of ether oxygens (including phenoxy) is 1. The maximum atomic E-state index is 12.8. The molecule has 1 atom stereocenters. The van der Waals surface area contributed by atoms with Crippen molar-refractivity contribution in [2.24, 2.45) is 7.05 Å². The third kappa shape index (κ3) is 3.96. The number of imidazole rings is 1. The number of aromatic nitrogens is 2. The largest absolute Gasteiger partial charge is 0.376 e. The number of rotatable bonds is 5. The van der Waals surface area contributed by atoms with Crippen molar-refractivity contribution in [2.45, 2.75) is 37.8 Å². The summed E-state index contributed by atoms with van der Waals surface area (Å²) in [6, 6.07) is 6.34. The van der Waals surface area contributed by atoms with E-state index in [4.69, 9.17) is 4.74 Å². The van der Waals surface area contributed by atoms with Crippen molar-refractivity contribution in [3.05, 3.63) is 34.2 Å². The lowest BCUT2D eigenvalue weighted by atomic mass is 10.1. The summed E-state index contributed by atoms with van der Waals surface area (Å²) in [5.74, 6) is 6.46. The summed E-state index contributed by atoms with van der Waals surface area (Å²) in [5, 5.41) is 6.60. The molecule has 0 spiro atoms. The Hall–Kier alpha value is -2.07. The number of nitrogens with one attached hydrogen (secondary N) is 2. The quantitative estimate of drug-likeness (QED) is 0.618. The Bertz CT molecular complexity index is 908. The maximum absolute atomic E-state index is 12.8. The van der Waals surface area contributed by atoms with E-state index in [-0.39, 0.29) is 11.7 Å². The van der Waals surface area contributed by atoms with E-state index in [9.17, 15) is 4.79 Å². The summed E-state index contributed by atoms with van der Waals surface area (Å²) in [5.41, 5.74) is 2.98. The summed E-state index contributed by atoms with van der Waals surface area (Å²) in [4.78, 5) is 12.8. The Kier molecular flexibility index (Phi) is 5.63. The van der Waals surface area contributed by atoms with Gasteiger partial charge in [-0.05, 0) is 44.0 Å². The van der Waals surface area contributed by atoms with Gasteiger partial charge in [-0.2, -0.15) is 0 Å². The molecule has 6 nitrogen and oxygen atoms in total. The SMILES string of the molecule is Cn1c(=O)n(C2CCCNC2)c2ccc(C#CCCCOC3CNC3)cc21. The van der Waals surface area contributed by atoms with Gasteiger partial charge in [-0.3, -0.25) is 9.13 Å². The number of fused-ring (bicyclic) bond motifs is 1. The number of aryl methyl sites for hydroxylation is 1. The first-order valence-electron chi connectivity index (χ1n) is 9.97. The van der Waals surface area contributed by atoms with E-state index >= 15 is 0 Å². The van der Waals surface area contributed by atoms with Crippen LogP contribution in [-0.2, 0) is 11.8 Å². The molecule has 6 heteroatoms. The van der Waals surface area contributed by atoms with Crippen molar-refractivity contribution in [1.29, 1.82) is 0 Å². The molecule has 27 heavy (non-hydrogen) atoms. The van der Waals surface area contributed by atoms with Crippen molar-refractivity contribution in [3.63, 3.8) is 0 Å². The average Bonchev–Trinajstić information content (AvgIpc) is 2.91. The molecule has 2 aromatic rings. The fraction of sp³-hybridized carbons (Fsp3) is 0.571. The van der Waals surface area contributed by atoms with Gasteiger partial charge in [-0.15, -0.1) is 0 Å². The van der Waals surface area contributed by atoms with Crippen molar-refractivity contribution < 1.29 is 4.74 Å². The van der Waals surface area contributed by atoms with Crippen molar-refractivity contribution in [1.82, 2.24) is 19.8 Å². The number of hydrogen-bond donors (Lipinski definition) is 2. The second-order valence-corrected chi connectivity index (χ2v) is 7.47. The second-order valence-electron chi connectivity index (χ2n) is 7.47. The van der Waals surface area contributed by atoms with Crippen LogP contribution in [0.3, 0.4) is 0 Å². The molecule has 2 aliphatic rings. The molecular formula is C21H28N4O2. The Morgan fingerprint density at radius 2 is 2.11 bits per heavy atom. The van der Waals surface area contributed by atoms with Crippen LogP contribution in [0, 0.1) is 11.8 Å². The molecule has 0 aliphatic carbocycles. The minimum atomic E-state index is 0.0615. The van der Waals surface area contributed by atoms with Gasteiger partial charge in [0.2, 0.25) is 0 Å². The summed E-state index contributed by atoms with van der Waals surface area (Å²) >= 11 is 0. The fourth-order valence-corrected chi connectivity index (χ4v) is 3.80. The molecule has 0 amide bonds. The van der Waals surface area contributed by atoms with Gasteiger partial charge in [0, 0.05) is 45.3 Å². The minimum absolute atomic E-state index is 0.0615. The van der Waals surface area contributed by atoms with Crippen LogP contribution >= 0.6 is 0 Å². The topological polar surface area (TPSA) is 60.2 Å². The normalized spacial score (nSPS) is 20.3. The van der Waals surface area contributed by atoms with Gasteiger partial charge in [0.1, 0.15) is 0 Å². The van der Waals surface area contributed by atoms with Gasteiger partial charge < -0.3 is 15.4 Å². The standard InChI is InChI=1S/C21H28N4O2/c1-24-20-12-16(6-3-2-4-11-27-18-14-23-15-18)8-9-19(20)25(21(24)26)17-7-5-10-22-13-17/h8-9,12,17-18,22-23H,2,4-5,7,10-11,13-15H2,1H3. The van der Waals surface area contributed by atoms with Crippen LogP contribution in [0.1, 0.15) is 37.3 Å². The molecule has 2 N–H and O–H groups in total. The molecule has 2 saturated heterocycles. The zero-order valence-corrected chi connectivity index (χ0v) is 16.0. The molecule has 0 bridgehead atoms. The number of benzene rings is 1. The molecule has 0 radical (unpaired) electrons. The van der Waals surface area contributed by atoms with Gasteiger partial charge >= 0.3 is 5.69 Å². The Morgan fingerprint density at radius 1 is 1.22 bits per heavy atom. The van der Waals surface area contributed by atoms with E-state index in [0.717, 1.165) is 75.1 Å². The Balaban J connectivity index is 1.45. The molecule has 2 fully saturated rings. The van der Waals surface area contributed by atoms with E-state index in [1.165, 1.54) is 0 Å². The number of piperidine rings is 1. The highest BCUT2D eigenvalue weighted by Crippen LogP contribution is 2.22. The van der Waals surface area contributed by atoms with Crippen molar-refractivity contribution >= 4 is 11.0 Å². The molecule has 2 aliphatic heterocycles. The smallest absolute Gasteiger partial charge is 0.329 e. The lowest BCUT2D eigenvalue weighted by Crippen LogP contribution is -2.48. The monoisotopic (exact) mass is 368 g/mol. The van der Waals surface area contributed by atoms with Gasteiger partial charge in [-0.25, -0.2) is 4.79 Å². The second kappa shape index (κ2) is 8.30. The van der Waals surface area contributed by atoms with Gasteiger partial charge in [-0.1, -0.05) is 11.8 Å². The maximum Gasteiger partial charge on any atom is 0.329 e. The number of unbranched alkanes of at least 4 members (excludes halogenated alkanes) is 1. The lowest BCUT2D eigenvalue weighted by Gasteiger charge is -2.26. The van der Waals surface area contributed by atoms with Crippen LogP contribution in [0.2, 0.25) is 0 Å². The summed E-state index contributed by atoms with van der Waals surface area (Å²) in [6.45, 7) is 4.62. The molecular weight excluding hydrogens is 340 g/mol. The average molecular weight is 368 g/mol. The predicted octanol–water partition coefficient (Wildman–Crippen LogP) is 1.38. The molecule has 144 valence electrons. The van der Waals surface area contributed by atoms with E-state index < -0.39 is 0 Å². The summed E-state index contributed by atoms with van der Waals surface area (Å²) < 4.78 is 9.40. The molecule has 1 aromatic carbocycles. The summed E-state index contributed by atoms with van der Waals surface area (Å²) in [7, 11) is 1.85. The van der Waals surface area contributed by atoms with E-state index in [2.05, 4.69) is 22.5 Å². The Morgan fingerprint density at radius 3 is 2.85 bits per heavy atom. The van der Waals surface area contributed by atoms with Crippen molar-refractivity contribution in [3.8, 4) is 11.8 Å². The van der Waals surface area contributed by atoms with E-state index in [0.29, 0.717) is 6.10 Å². The minimum Gasteiger partial charge on any atom is -0.376 e. The molecule has 4 rings (SSSR count). The van der Waals surface area contributed by atoms with Crippen molar-refractivity contribution in [2.75, 3.05) is 32.8 Å². The first-order valence-corrected chi connectivity index (χ1v) is 9.97. The van der Waals surface area contributed by atoms with Crippen LogP contribution in [0.5, 0.6) is 0 Å². The molecule has 1 unspecified atom stereocenters. The molecule has 1 aromatic heterocycles. The highest BCUT2D eigenvalue weighted by molar-refractivity contribution is 5.78. The first kappa shape index (κ1) is 18.3. The zero-order chi connectivity index (χ0) is 18.6. The lowest BCUT2D eigenvalue weighted by molar-refractivity contribution is 0.0183. The van der Waals surface area contributed by atoms with Gasteiger partial charge in [0.05, 0.1) is 23.2 Å². The van der Waals surface area contributed by atoms with Crippen LogP contribution in [-0.4, -0.2) is 48.0 Å². The highest BCUT2D eigenvalue weighted by atomic mass is 16.5. The Labute approximate surface area is 159 Å².